The van der Waals surface area contributed by atoms with Gasteiger partial charge in [0, 0.05) is 19.5 Å². The lowest BCUT2D eigenvalue weighted by atomic mass is 10.0. The molecule has 2 heterocycles. The van der Waals surface area contributed by atoms with Crippen molar-refractivity contribution in [1.82, 2.24) is 47.0 Å². The molecule has 69 heavy (non-hydrogen) atoms. The van der Waals surface area contributed by atoms with E-state index >= 15 is 0 Å². The molecule has 0 unspecified atom stereocenters. The molecule has 10 atom stereocenters. The van der Waals surface area contributed by atoms with Gasteiger partial charge in [-0.05, 0) is 77.0 Å². The van der Waals surface area contributed by atoms with Crippen LogP contribution in [0.3, 0.4) is 0 Å². The van der Waals surface area contributed by atoms with Gasteiger partial charge in [0.1, 0.15) is 54.4 Å². The fourth-order valence-corrected chi connectivity index (χ4v) is 7.78. The fourth-order valence-electron chi connectivity index (χ4n) is 7.78. The number of rotatable bonds is 26. The van der Waals surface area contributed by atoms with Gasteiger partial charge in [0.15, 0.2) is 0 Å². The Morgan fingerprint density at radius 1 is 0.522 bits per heavy atom. The number of carboxylic acids is 3. The number of hydrogen-bond acceptors (Lipinski definition) is 13. The standard InChI is InChI=1S/C44H72N10O15/c1-20(2)18-27(38(62)47-24(8)36(60)46-25(9)37(61)51-33(21(3)4)41(65)50-28(44(68)69)19-32(57)58)49-39(63)29-12-11-17-54(29)43(67)34(22(5)6)52-40(64)30-13-10-16-53(30)42(66)26(14-15-31(55)56)48-35(59)23(7)45/h20-30,33-34H,10-19,45H2,1-9H3,(H,46,60)(H,47,62)(H,48,59)(H,49,63)(H,50,65)(H,51,61)(H,52,64)(H,55,56)(H,57,58)(H,68,69)/t23-,24-,25-,26-,27-,28-,29-,30-,33-,34-/m0/s1. The van der Waals surface area contributed by atoms with Crippen molar-refractivity contribution < 1.29 is 72.9 Å². The number of aliphatic carboxylic acids is 3. The predicted octanol–water partition coefficient (Wildman–Crippen LogP) is -2.47. The third-order valence-corrected chi connectivity index (χ3v) is 11.7. The summed E-state index contributed by atoms with van der Waals surface area (Å²) in [6.45, 7) is 14.4. The summed E-state index contributed by atoms with van der Waals surface area (Å²) in [5.41, 5.74) is 5.66. The molecule has 0 aromatic heterocycles. The Kier molecular flexibility index (Phi) is 22.9. The van der Waals surface area contributed by atoms with E-state index in [-0.39, 0.29) is 44.7 Å². The highest BCUT2D eigenvalue weighted by molar-refractivity contribution is 5.99. The molecule has 25 nitrogen and oxygen atoms in total. The third-order valence-electron chi connectivity index (χ3n) is 11.7. The van der Waals surface area contributed by atoms with Crippen LogP contribution in [0.25, 0.3) is 0 Å². The van der Waals surface area contributed by atoms with Crippen LogP contribution in [-0.2, 0) is 57.5 Å². The van der Waals surface area contributed by atoms with Crippen molar-refractivity contribution in [2.45, 2.75) is 174 Å². The molecule has 25 heteroatoms. The van der Waals surface area contributed by atoms with Crippen molar-refractivity contribution in [2.24, 2.45) is 23.5 Å². The summed E-state index contributed by atoms with van der Waals surface area (Å²) in [5.74, 6) is -12.1. The molecule has 0 aromatic rings. The number of hydrogen-bond donors (Lipinski definition) is 11. The molecule has 0 aliphatic carbocycles. The first-order chi connectivity index (χ1) is 32.1. The molecule has 2 rings (SSSR count). The highest BCUT2D eigenvalue weighted by Gasteiger charge is 2.43. The lowest BCUT2D eigenvalue weighted by molar-refractivity contribution is -0.147. The Morgan fingerprint density at radius 3 is 1.46 bits per heavy atom. The number of carbonyl (C=O) groups is 12. The predicted molar refractivity (Wildman–Crippen MR) is 244 cm³/mol. The first-order valence-corrected chi connectivity index (χ1v) is 23.2. The minimum atomic E-state index is -1.77. The fraction of sp³-hybridized carbons (Fsp3) is 0.727. The van der Waals surface area contributed by atoms with E-state index in [1.54, 1.807) is 41.5 Å². The van der Waals surface area contributed by atoms with E-state index < -0.39 is 156 Å². The molecule has 2 aliphatic rings. The number of nitrogens with one attached hydrogen (secondary N) is 7. The van der Waals surface area contributed by atoms with E-state index in [1.807, 2.05) is 0 Å². The van der Waals surface area contributed by atoms with Gasteiger partial charge in [-0.25, -0.2) is 4.79 Å². The van der Waals surface area contributed by atoms with Crippen LogP contribution in [0.5, 0.6) is 0 Å². The van der Waals surface area contributed by atoms with Crippen LogP contribution < -0.4 is 43.0 Å². The van der Waals surface area contributed by atoms with E-state index in [2.05, 4.69) is 37.2 Å². The number of amides is 9. The molecule has 0 aromatic carbocycles. The second-order valence-corrected chi connectivity index (χ2v) is 18.8. The van der Waals surface area contributed by atoms with Gasteiger partial charge in [-0.2, -0.15) is 0 Å². The van der Waals surface area contributed by atoms with Gasteiger partial charge in [0.2, 0.25) is 53.2 Å². The Balaban J connectivity index is 2.15. The van der Waals surface area contributed by atoms with Crippen molar-refractivity contribution >= 4 is 71.1 Å². The maximum atomic E-state index is 14.2. The largest absolute Gasteiger partial charge is 0.481 e. The minimum Gasteiger partial charge on any atom is -0.481 e. The average molecular weight is 981 g/mol. The molecular formula is C44H72N10O15. The Morgan fingerprint density at radius 2 is 1.00 bits per heavy atom. The second kappa shape index (κ2) is 27.0. The van der Waals surface area contributed by atoms with Crippen LogP contribution in [-0.4, -0.2) is 170 Å². The number of nitrogens with two attached hydrogens (primary N) is 1. The Bertz CT molecular complexity index is 1930. The van der Waals surface area contributed by atoms with E-state index in [0.29, 0.717) is 12.8 Å². The average Bonchev–Trinajstić information content (AvgIpc) is 3.95. The zero-order valence-corrected chi connectivity index (χ0v) is 40.8. The first-order valence-electron chi connectivity index (χ1n) is 23.2. The molecule has 2 saturated heterocycles. The van der Waals surface area contributed by atoms with Crippen LogP contribution in [0.4, 0.5) is 0 Å². The zero-order valence-electron chi connectivity index (χ0n) is 40.8. The van der Waals surface area contributed by atoms with Gasteiger partial charge in [0.05, 0.1) is 12.5 Å². The van der Waals surface area contributed by atoms with E-state index in [4.69, 9.17) is 10.8 Å². The van der Waals surface area contributed by atoms with E-state index in [0.717, 1.165) is 0 Å². The molecule has 0 spiro atoms. The monoisotopic (exact) mass is 981 g/mol. The molecule has 0 saturated carbocycles. The molecule has 0 radical (unpaired) electrons. The van der Waals surface area contributed by atoms with Gasteiger partial charge >= 0.3 is 17.9 Å². The minimum absolute atomic E-state index is 0.118. The summed E-state index contributed by atoms with van der Waals surface area (Å²) >= 11 is 0. The van der Waals surface area contributed by atoms with Crippen LogP contribution in [0.1, 0.15) is 114 Å². The summed E-state index contributed by atoms with van der Waals surface area (Å²) in [7, 11) is 0. The van der Waals surface area contributed by atoms with Crippen LogP contribution in [0, 0.1) is 17.8 Å². The quantitative estimate of drug-likeness (QED) is 0.0428. The number of carbonyl (C=O) groups excluding carboxylic acids is 9. The Labute approximate surface area is 400 Å². The van der Waals surface area contributed by atoms with Gasteiger partial charge in [0.25, 0.3) is 0 Å². The maximum Gasteiger partial charge on any atom is 0.326 e. The zero-order chi connectivity index (χ0) is 52.6. The van der Waals surface area contributed by atoms with Crippen molar-refractivity contribution in [3.63, 3.8) is 0 Å². The molecule has 2 aliphatic heterocycles. The Hall–Kier alpha value is -6.40. The molecule has 2 fully saturated rings. The molecule has 12 N–H and O–H groups in total. The van der Waals surface area contributed by atoms with Crippen molar-refractivity contribution in [3.05, 3.63) is 0 Å². The highest BCUT2D eigenvalue weighted by atomic mass is 16.4. The van der Waals surface area contributed by atoms with E-state index in [9.17, 15) is 67.7 Å². The lowest BCUT2D eigenvalue weighted by Gasteiger charge is -2.33. The van der Waals surface area contributed by atoms with Crippen molar-refractivity contribution in [2.75, 3.05) is 13.1 Å². The smallest absolute Gasteiger partial charge is 0.326 e. The summed E-state index contributed by atoms with van der Waals surface area (Å²) in [6, 6.07) is -12.3. The van der Waals surface area contributed by atoms with Crippen LogP contribution in [0.15, 0.2) is 0 Å². The van der Waals surface area contributed by atoms with Gasteiger partial charge < -0.3 is 68.1 Å². The highest BCUT2D eigenvalue weighted by Crippen LogP contribution is 2.24. The normalized spacial score (nSPS) is 19.2. The number of likely N-dealkylation sites (tertiary alicyclic amines) is 2. The maximum absolute atomic E-state index is 14.2. The lowest BCUT2D eigenvalue weighted by Crippen LogP contribution is -2.60. The summed E-state index contributed by atoms with van der Waals surface area (Å²) < 4.78 is 0. The molecular weight excluding hydrogens is 909 g/mol. The SMILES string of the molecule is CC(C)C[C@H](NC(=O)[C@@H]1CCCN1C(=O)[C@@H](NC(=O)[C@@H]1CCCN1C(=O)[C@H](CCC(=O)O)NC(=O)[C@H](C)N)C(C)C)C(=O)N[C@@H](C)C(=O)N[C@@H](C)C(=O)N[C@H](C(=O)N[C@@H](CC(=O)O)C(=O)O)C(C)C. The molecule has 388 valence electrons. The van der Waals surface area contributed by atoms with Crippen molar-refractivity contribution in [1.29, 1.82) is 0 Å². The summed E-state index contributed by atoms with van der Waals surface area (Å²) in [6.07, 6.45) is -0.207. The molecule has 0 bridgehead atoms. The summed E-state index contributed by atoms with van der Waals surface area (Å²) in [4.78, 5) is 157. The van der Waals surface area contributed by atoms with Gasteiger partial charge in [-0.15, -0.1) is 0 Å². The van der Waals surface area contributed by atoms with E-state index in [1.165, 1.54) is 30.6 Å². The summed E-state index contributed by atoms with van der Waals surface area (Å²) in [5, 5.41) is 45.0. The van der Waals surface area contributed by atoms with Crippen molar-refractivity contribution in [3.8, 4) is 0 Å². The molecule has 9 amide bonds. The number of carboxylic acid groups (broad SMARTS) is 3. The van der Waals surface area contributed by atoms with Gasteiger partial charge in [-0.1, -0.05) is 41.5 Å². The topological polar surface area (TPSA) is 382 Å². The second-order valence-electron chi connectivity index (χ2n) is 18.8. The van der Waals surface area contributed by atoms with Crippen LogP contribution >= 0.6 is 0 Å². The number of nitrogens with zero attached hydrogens (tertiary/aromatic N) is 2. The first kappa shape index (κ1) is 58.7. The van der Waals surface area contributed by atoms with Crippen LogP contribution in [0.2, 0.25) is 0 Å². The third kappa shape index (κ3) is 17.9. The van der Waals surface area contributed by atoms with Gasteiger partial charge in [-0.3, -0.25) is 52.7 Å².